The van der Waals surface area contributed by atoms with Crippen LogP contribution in [0.25, 0.3) is 17.0 Å². The number of ether oxygens (including phenoxy) is 1. The molecule has 2 aliphatic heterocycles. The Balaban J connectivity index is 1.06. The van der Waals surface area contributed by atoms with Crippen LogP contribution in [0, 0.1) is 20.8 Å². The number of nitrogens with zero attached hydrogens (tertiary/aromatic N) is 8. The molecule has 3 aromatic heterocycles. The molecule has 0 bridgehead atoms. The lowest BCUT2D eigenvalue weighted by molar-refractivity contribution is 0.173. The number of rotatable bonds is 7. The molecule has 0 unspecified atom stereocenters. The van der Waals surface area contributed by atoms with E-state index in [4.69, 9.17) is 4.74 Å². The maximum absolute atomic E-state index is 11.6. The SMILES string of the molecule is Cc1nc2nc(C)c(O[C@@H]3CCN(c4ccc(-c5ccc(CN6CC(S(C)(=O)=O)C6)nn5)cc4)C3)c(C)n2n1. The van der Waals surface area contributed by atoms with Gasteiger partial charge in [-0.2, -0.15) is 19.7 Å². The second kappa shape index (κ2) is 9.83. The minimum atomic E-state index is -2.97. The van der Waals surface area contributed by atoms with Gasteiger partial charge in [0.05, 0.1) is 34.6 Å². The number of hydrogen-bond donors (Lipinski definition) is 0. The number of hydrogen-bond acceptors (Lipinski definition) is 10. The van der Waals surface area contributed by atoms with E-state index in [0.717, 1.165) is 59.3 Å². The first-order valence-corrected chi connectivity index (χ1v) is 15.1. The van der Waals surface area contributed by atoms with Gasteiger partial charge in [0, 0.05) is 50.1 Å². The lowest BCUT2D eigenvalue weighted by atomic mass is 10.1. The third kappa shape index (κ3) is 5.18. The fourth-order valence-corrected chi connectivity index (χ4v) is 6.21. The van der Waals surface area contributed by atoms with Gasteiger partial charge >= 0.3 is 0 Å². The van der Waals surface area contributed by atoms with Crippen molar-refractivity contribution in [1.82, 2.24) is 34.7 Å². The third-order valence-corrected chi connectivity index (χ3v) is 9.04. The summed E-state index contributed by atoms with van der Waals surface area (Å²) in [6, 6.07) is 12.3. The largest absolute Gasteiger partial charge is 0.485 e. The van der Waals surface area contributed by atoms with Gasteiger partial charge in [0.25, 0.3) is 5.78 Å². The Hall–Kier alpha value is -3.64. The average Bonchev–Trinajstić information content (AvgIpc) is 3.50. The van der Waals surface area contributed by atoms with Crippen molar-refractivity contribution in [3.63, 3.8) is 0 Å². The lowest BCUT2D eigenvalue weighted by Gasteiger charge is -2.37. The Kier molecular flexibility index (Phi) is 6.46. The minimum Gasteiger partial charge on any atom is -0.485 e. The molecule has 2 fully saturated rings. The van der Waals surface area contributed by atoms with Crippen LogP contribution in [0.5, 0.6) is 5.75 Å². The molecule has 204 valence electrons. The minimum absolute atomic E-state index is 0.0588. The van der Waals surface area contributed by atoms with Crippen molar-refractivity contribution in [3.8, 4) is 17.0 Å². The molecule has 2 saturated heterocycles. The van der Waals surface area contributed by atoms with Crippen molar-refractivity contribution >= 4 is 21.3 Å². The van der Waals surface area contributed by atoms with E-state index in [0.29, 0.717) is 31.2 Å². The molecule has 0 spiro atoms. The maximum atomic E-state index is 11.6. The summed E-state index contributed by atoms with van der Waals surface area (Å²) >= 11 is 0. The molecule has 12 heteroatoms. The molecule has 1 aromatic carbocycles. The standard InChI is InChI=1S/C27H32N8O3S/c1-17-26(18(2)35-27(28-17)29-19(3)32-35)38-23-11-12-34(14-23)22-8-5-20(6-9-22)25-10-7-21(30-31-25)13-33-15-24(16-33)39(4,36)37/h5-10,23-24H,11-16H2,1-4H3/t23-/m1/s1. The molecule has 39 heavy (non-hydrogen) atoms. The van der Waals surface area contributed by atoms with Crippen molar-refractivity contribution in [2.24, 2.45) is 0 Å². The molecule has 0 amide bonds. The van der Waals surface area contributed by atoms with E-state index in [9.17, 15) is 8.42 Å². The Morgan fingerprint density at radius 2 is 1.74 bits per heavy atom. The first-order valence-electron chi connectivity index (χ1n) is 13.1. The van der Waals surface area contributed by atoms with Gasteiger partial charge in [0.2, 0.25) is 0 Å². The highest BCUT2D eigenvalue weighted by Crippen LogP contribution is 2.29. The van der Waals surface area contributed by atoms with E-state index in [-0.39, 0.29) is 11.4 Å². The Morgan fingerprint density at radius 1 is 0.974 bits per heavy atom. The van der Waals surface area contributed by atoms with Crippen molar-refractivity contribution in [2.75, 3.05) is 37.3 Å². The highest BCUT2D eigenvalue weighted by atomic mass is 32.2. The van der Waals surface area contributed by atoms with Gasteiger partial charge in [0.15, 0.2) is 15.6 Å². The summed E-state index contributed by atoms with van der Waals surface area (Å²) in [5, 5.41) is 12.9. The summed E-state index contributed by atoms with van der Waals surface area (Å²) < 4.78 is 31.4. The summed E-state index contributed by atoms with van der Waals surface area (Å²) in [5.74, 6) is 2.07. The first kappa shape index (κ1) is 25.6. The molecule has 1 atom stereocenters. The molecular weight excluding hydrogens is 516 g/mol. The number of aryl methyl sites for hydroxylation is 3. The number of sulfone groups is 1. The summed E-state index contributed by atoms with van der Waals surface area (Å²) in [4.78, 5) is 13.3. The number of anilines is 1. The summed E-state index contributed by atoms with van der Waals surface area (Å²) in [7, 11) is -2.97. The van der Waals surface area contributed by atoms with Gasteiger partial charge in [-0.25, -0.2) is 13.4 Å². The van der Waals surface area contributed by atoms with Crippen LogP contribution in [0.1, 0.15) is 29.3 Å². The fraction of sp³-hybridized carbons (Fsp3) is 0.444. The summed E-state index contributed by atoms with van der Waals surface area (Å²) in [6.07, 6.45) is 2.28. The topological polar surface area (TPSA) is 119 Å². The van der Waals surface area contributed by atoms with E-state index in [2.05, 4.69) is 59.3 Å². The van der Waals surface area contributed by atoms with Crippen LogP contribution < -0.4 is 9.64 Å². The molecule has 11 nitrogen and oxygen atoms in total. The predicted molar refractivity (Wildman–Crippen MR) is 148 cm³/mol. The van der Waals surface area contributed by atoms with Crippen LogP contribution in [-0.2, 0) is 16.4 Å². The molecule has 5 heterocycles. The Bertz CT molecular complexity index is 1610. The highest BCUT2D eigenvalue weighted by Gasteiger charge is 2.34. The highest BCUT2D eigenvalue weighted by molar-refractivity contribution is 7.91. The zero-order valence-electron chi connectivity index (χ0n) is 22.6. The summed E-state index contributed by atoms with van der Waals surface area (Å²) in [5.41, 5.74) is 5.52. The number of fused-ring (bicyclic) bond motifs is 1. The monoisotopic (exact) mass is 548 g/mol. The van der Waals surface area contributed by atoms with Gasteiger partial charge < -0.3 is 9.64 Å². The van der Waals surface area contributed by atoms with Gasteiger partial charge in [-0.3, -0.25) is 4.90 Å². The van der Waals surface area contributed by atoms with Crippen LogP contribution in [0.15, 0.2) is 36.4 Å². The van der Waals surface area contributed by atoms with Crippen molar-refractivity contribution in [2.45, 2.75) is 45.1 Å². The van der Waals surface area contributed by atoms with E-state index < -0.39 is 9.84 Å². The quantitative estimate of drug-likeness (QED) is 0.341. The maximum Gasteiger partial charge on any atom is 0.253 e. The second-order valence-corrected chi connectivity index (χ2v) is 12.9. The van der Waals surface area contributed by atoms with Gasteiger partial charge in [-0.15, -0.1) is 5.10 Å². The van der Waals surface area contributed by atoms with Gasteiger partial charge in [-0.1, -0.05) is 12.1 Å². The first-order chi connectivity index (χ1) is 18.6. The van der Waals surface area contributed by atoms with Crippen LogP contribution in [0.4, 0.5) is 5.69 Å². The van der Waals surface area contributed by atoms with E-state index in [1.54, 1.807) is 4.52 Å². The molecule has 2 aliphatic rings. The molecular formula is C27H32N8O3S. The van der Waals surface area contributed by atoms with Gasteiger partial charge in [-0.05, 0) is 45.0 Å². The smallest absolute Gasteiger partial charge is 0.253 e. The van der Waals surface area contributed by atoms with Crippen LogP contribution >= 0.6 is 0 Å². The fourth-order valence-electron chi connectivity index (χ4n) is 5.25. The zero-order valence-corrected chi connectivity index (χ0v) is 23.4. The second-order valence-electron chi connectivity index (χ2n) is 10.6. The van der Waals surface area contributed by atoms with E-state index >= 15 is 0 Å². The molecule has 6 rings (SSSR count). The molecule has 0 aliphatic carbocycles. The molecule has 0 N–H and O–H groups in total. The Morgan fingerprint density at radius 3 is 2.44 bits per heavy atom. The zero-order chi connectivity index (χ0) is 27.3. The molecule has 0 radical (unpaired) electrons. The molecule has 4 aromatic rings. The lowest BCUT2D eigenvalue weighted by Crippen LogP contribution is -2.53. The number of likely N-dealkylation sites (tertiary alicyclic amines) is 1. The van der Waals surface area contributed by atoms with Crippen molar-refractivity contribution in [3.05, 3.63) is 59.3 Å². The number of aromatic nitrogens is 6. The molecule has 0 saturated carbocycles. The average molecular weight is 549 g/mol. The van der Waals surface area contributed by atoms with Crippen molar-refractivity contribution < 1.29 is 13.2 Å². The van der Waals surface area contributed by atoms with Crippen molar-refractivity contribution in [1.29, 1.82) is 0 Å². The summed E-state index contributed by atoms with van der Waals surface area (Å²) in [6.45, 7) is 9.22. The normalized spacial score (nSPS) is 18.6. The third-order valence-electron chi connectivity index (χ3n) is 7.53. The van der Waals surface area contributed by atoms with E-state index in [1.165, 1.54) is 6.26 Å². The van der Waals surface area contributed by atoms with Gasteiger partial charge in [0.1, 0.15) is 11.9 Å². The number of benzene rings is 1. The van der Waals surface area contributed by atoms with E-state index in [1.807, 2.05) is 32.9 Å². The predicted octanol–water partition coefficient (Wildman–Crippen LogP) is 2.39. The van der Waals surface area contributed by atoms with Crippen LogP contribution in [0.2, 0.25) is 0 Å². The van der Waals surface area contributed by atoms with Crippen LogP contribution in [0.3, 0.4) is 0 Å². The Labute approximate surface area is 227 Å². The van der Waals surface area contributed by atoms with Crippen LogP contribution in [-0.4, -0.2) is 86.9 Å².